The Labute approximate surface area is 114 Å². The van der Waals surface area contributed by atoms with Gasteiger partial charge in [-0.15, -0.1) is 11.8 Å². The third kappa shape index (κ3) is 3.77. The lowest BCUT2D eigenvalue weighted by Gasteiger charge is -2.09. The van der Waals surface area contributed by atoms with Crippen LogP contribution in [-0.2, 0) is 0 Å². The van der Waals surface area contributed by atoms with Gasteiger partial charge < -0.3 is 5.11 Å². The molecule has 2 aromatic rings. The molecule has 1 aromatic carbocycles. The van der Waals surface area contributed by atoms with Gasteiger partial charge >= 0.3 is 0 Å². The van der Waals surface area contributed by atoms with Crippen LogP contribution in [0.15, 0.2) is 53.7 Å². The fourth-order valence-electron chi connectivity index (χ4n) is 1.54. The van der Waals surface area contributed by atoms with Gasteiger partial charge in [0.05, 0.1) is 16.1 Å². The SMILES string of the molecule is O=[N+]([O-])c1cccc(C(O)CSc2ccccn2)c1. The molecular weight excluding hydrogens is 264 g/mol. The van der Waals surface area contributed by atoms with Crippen molar-refractivity contribution < 1.29 is 10.0 Å². The summed E-state index contributed by atoms with van der Waals surface area (Å²) in [6, 6.07) is 11.6. The smallest absolute Gasteiger partial charge is 0.269 e. The van der Waals surface area contributed by atoms with Gasteiger partial charge in [0.15, 0.2) is 0 Å². The van der Waals surface area contributed by atoms with Crippen molar-refractivity contribution in [3.05, 3.63) is 64.3 Å². The Morgan fingerprint density at radius 3 is 2.84 bits per heavy atom. The van der Waals surface area contributed by atoms with Crippen LogP contribution in [0.1, 0.15) is 11.7 Å². The second-order valence-corrected chi connectivity index (χ2v) is 4.89. The number of nitrogens with zero attached hydrogens (tertiary/aromatic N) is 2. The number of nitro benzene ring substituents is 1. The van der Waals surface area contributed by atoms with Crippen molar-refractivity contribution in [1.82, 2.24) is 4.98 Å². The number of thioether (sulfide) groups is 1. The molecule has 2 rings (SSSR count). The number of non-ortho nitro benzene ring substituents is 1. The standard InChI is InChI=1S/C13H12N2O3S/c16-12(9-19-13-6-1-2-7-14-13)10-4-3-5-11(8-10)15(17)18/h1-8,12,16H,9H2. The molecule has 98 valence electrons. The van der Waals surface area contributed by atoms with Gasteiger partial charge in [0.2, 0.25) is 0 Å². The first kappa shape index (κ1) is 13.5. The highest BCUT2D eigenvalue weighted by molar-refractivity contribution is 7.99. The molecule has 0 amide bonds. The average Bonchev–Trinajstić information content (AvgIpc) is 2.46. The number of benzene rings is 1. The number of aromatic nitrogens is 1. The molecule has 0 saturated carbocycles. The number of pyridine rings is 1. The molecule has 0 fully saturated rings. The van der Waals surface area contributed by atoms with Gasteiger partial charge in [-0.1, -0.05) is 18.2 Å². The van der Waals surface area contributed by atoms with E-state index in [0.717, 1.165) is 5.03 Å². The van der Waals surface area contributed by atoms with E-state index in [1.807, 2.05) is 18.2 Å². The first-order valence-corrected chi connectivity index (χ1v) is 6.61. The maximum atomic E-state index is 10.7. The minimum atomic E-state index is -0.757. The lowest BCUT2D eigenvalue weighted by Crippen LogP contribution is -2.01. The molecule has 1 atom stereocenters. The third-order valence-electron chi connectivity index (χ3n) is 2.49. The van der Waals surface area contributed by atoms with E-state index in [9.17, 15) is 15.2 Å². The van der Waals surface area contributed by atoms with E-state index in [1.54, 1.807) is 18.3 Å². The quantitative estimate of drug-likeness (QED) is 0.516. The minimum Gasteiger partial charge on any atom is -0.388 e. The molecule has 1 aromatic heterocycles. The summed E-state index contributed by atoms with van der Waals surface area (Å²) in [6.07, 6.45) is 0.925. The van der Waals surface area contributed by atoms with E-state index in [-0.39, 0.29) is 5.69 Å². The first-order valence-electron chi connectivity index (χ1n) is 5.63. The summed E-state index contributed by atoms with van der Waals surface area (Å²) in [5.74, 6) is 0.401. The van der Waals surface area contributed by atoms with Crippen molar-refractivity contribution in [3.63, 3.8) is 0 Å². The number of aliphatic hydroxyl groups excluding tert-OH is 1. The van der Waals surface area contributed by atoms with Gasteiger partial charge in [-0.25, -0.2) is 4.98 Å². The van der Waals surface area contributed by atoms with Crippen molar-refractivity contribution >= 4 is 17.4 Å². The first-order chi connectivity index (χ1) is 9.16. The predicted molar refractivity (Wildman–Crippen MR) is 73.0 cm³/mol. The van der Waals surface area contributed by atoms with Crippen LogP contribution in [0.25, 0.3) is 0 Å². The fourth-order valence-corrected chi connectivity index (χ4v) is 2.37. The van der Waals surface area contributed by atoms with E-state index < -0.39 is 11.0 Å². The van der Waals surface area contributed by atoms with Gasteiger partial charge in [0, 0.05) is 24.1 Å². The van der Waals surface area contributed by atoms with Crippen LogP contribution < -0.4 is 0 Å². The number of hydrogen-bond donors (Lipinski definition) is 1. The van der Waals surface area contributed by atoms with E-state index in [4.69, 9.17) is 0 Å². The molecule has 0 saturated heterocycles. The highest BCUT2D eigenvalue weighted by Gasteiger charge is 2.12. The van der Waals surface area contributed by atoms with Crippen molar-refractivity contribution in [2.24, 2.45) is 0 Å². The summed E-state index contributed by atoms with van der Waals surface area (Å²) in [6.45, 7) is 0. The summed E-state index contributed by atoms with van der Waals surface area (Å²) < 4.78 is 0. The molecule has 19 heavy (non-hydrogen) atoms. The largest absolute Gasteiger partial charge is 0.388 e. The molecule has 0 bridgehead atoms. The van der Waals surface area contributed by atoms with E-state index in [1.165, 1.54) is 23.9 Å². The Hall–Kier alpha value is -1.92. The van der Waals surface area contributed by atoms with Crippen molar-refractivity contribution in [2.45, 2.75) is 11.1 Å². The topological polar surface area (TPSA) is 76.3 Å². The maximum Gasteiger partial charge on any atom is 0.269 e. The molecule has 0 spiro atoms. The minimum absolute atomic E-state index is 0.0145. The molecule has 0 aliphatic rings. The zero-order valence-electron chi connectivity index (χ0n) is 9.97. The molecule has 0 aliphatic carbocycles. The summed E-state index contributed by atoms with van der Waals surface area (Å²) in [4.78, 5) is 14.3. The Bertz CT molecular complexity index is 563. The predicted octanol–water partition coefficient (Wildman–Crippen LogP) is 2.82. The molecule has 1 unspecified atom stereocenters. The highest BCUT2D eigenvalue weighted by Crippen LogP contribution is 2.25. The van der Waals surface area contributed by atoms with E-state index >= 15 is 0 Å². The summed E-state index contributed by atoms with van der Waals surface area (Å²) >= 11 is 1.41. The van der Waals surface area contributed by atoms with Crippen LogP contribution in [0.3, 0.4) is 0 Å². The van der Waals surface area contributed by atoms with Crippen LogP contribution in [0.5, 0.6) is 0 Å². The number of hydrogen-bond acceptors (Lipinski definition) is 5. The van der Waals surface area contributed by atoms with E-state index in [0.29, 0.717) is 11.3 Å². The Balaban J connectivity index is 2.02. The number of rotatable bonds is 5. The molecule has 5 nitrogen and oxygen atoms in total. The average molecular weight is 276 g/mol. The monoisotopic (exact) mass is 276 g/mol. The molecule has 1 N–H and O–H groups in total. The van der Waals surface area contributed by atoms with Crippen LogP contribution >= 0.6 is 11.8 Å². The lowest BCUT2D eigenvalue weighted by atomic mass is 10.1. The second kappa shape index (κ2) is 6.31. The zero-order chi connectivity index (χ0) is 13.7. The lowest BCUT2D eigenvalue weighted by molar-refractivity contribution is -0.385. The van der Waals surface area contributed by atoms with Crippen LogP contribution in [0, 0.1) is 10.1 Å². The Morgan fingerprint density at radius 1 is 1.32 bits per heavy atom. The number of aliphatic hydroxyl groups is 1. The van der Waals surface area contributed by atoms with E-state index in [2.05, 4.69) is 4.98 Å². The van der Waals surface area contributed by atoms with Crippen molar-refractivity contribution in [1.29, 1.82) is 0 Å². The summed E-state index contributed by atoms with van der Waals surface area (Å²) in [5.41, 5.74) is 0.525. The van der Waals surface area contributed by atoms with Crippen LogP contribution in [-0.4, -0.2) is 20.8 Å². The molecule has 1 heterocycles. The fraction of sp³-hybridized carbons (Fsp3) is 0.154. The Kier molecular flexibility index (Phi) is 4.48. The zero-order valence-corrected chi connectivity index (χ0v) is 10.8. The van der Waals surface area contributed by atoms with Crippen LogP contribution in [0.2, 0.25) is 0 Å². The molecule has 0 aliphatic heterocycles. The van der Waals surface area contributed by atoms with Gasteiger partial charge in [-0.3, -0.25) is 10.1 Å². The van der Waals surface area contributed by atoms with Crippen molar-refractivity contribution in [2.75, 3.05) is 5.75 Å². The second-order valence-electron chi connectivity index (χ2n) is 3.85. The van der Waals surface area contributed by atoms with Crippen molar-refractivity contribution in [3.8, 4) is 0 Å². The summed E-state index contributed by atoms with van der Waals surface area (Å²) in [7, 11) is 0. The van der Waals surface area contributed by atoms with Gasteiger partial charge in [0.25, 0.3) is 5.69 Å². The van der Waals surface area contributed by atoms with Gasteiger partial charge in [0.1, 0.15) is 0 Å². The highest BCUT2D eigenvalue weighted by atomic mass is 32.2. The molecule has 0 radical (unpaired) electrons. The normalized spacial score (nSPS) is 12.1. The molecule has 6 heteroatoms. The summed E-state index contributed by atoms with van der Waals surface area (Å²) in [5, 5.41) is 21.5. The van der Waals surface area contributed by atoms with Gasteiger partial charge in [-0.2, -0.15) is 0 Å². The maximum absolute atomic E-state index is 10.7. The molecular formula is C13H12N2O3S. The Morgan fingerprint density at radius 2 is 2.16 bits per heavy atom. The number of nitro groups is 1. The van der Waals surface area contributed by atoms with Gasteiger partial charge in [-0.05, 0) is 17.7 Å². The van der Waals surface area contributed by atoms with Crippen LogP contribution in [0.4, 0.5) is 5.69 Å². The third-order valence-corrected chi connectivity index (χ3v) is 3.51.